The summed E-state index contributed by atoms with van der Waals surface area (Å²) in [7, 11) is 2.06. The lowest BCUT2D eigenvalue weighted by Gasteiger charge is -2.15. The van der Waals surface area contributed by atoms with Crippen molar-refractivity contribution >= 4 is 22.6 Å². The highest BCUT2D eigenvalue weighted by Gasteiger charge is 2.12. The van der Waals surface area contributed by atoms with Crippen LogP contribution in [0.5, 0.6) is 0 Å². The minimum absolute atomic E-state index is 0.290. The highest BCUT2D eigenvalue weighted by atomic mass is 35.5. The maximum absolute atomic E-state index is 13.7. The van der Waals surface area contributed by atoms with Gasteiger partial charge in [0.05, 0.1) is 11.4 Å². The first-order chi connectivity index (χ1) is 8.67. The van der Waals surface area contributed by atoms with Crippen LogP contribution in [0.4, 0.5) is 4.39 Å². The molecule has 0 aliphatic heterocycles. The van der Waals surface area contributed by atoms with E-state index in [0.717, 1.165) is 31.0 Å². The molecule has 1 aromatic heterocycles. The average molecular weight is 270 g/mol. The van der Waals surface area contributed by atoms with Gasteiger partial charge in [-0.15, -0.1) is 11.6 Å². The summed E-state index contributed by atoms with van der Waals surface area (Å²) in [6.45, 7) is 4.75. The Bertz CT molecular complexity index is 538. The van der Waals surface area contributed by atoms with Gasteiger partial charge in [0.15, 0.2) is 5.82 Å². The molecule has 0 fully saturated rings. The predicted octanol–water partition coefficient (Wildman–Crippen LogP) is 2.87. The van der Waals surface area contributed by atoms with Crippen molar-refractivity contribution in [1.82, 2.24) is 14.5 Å². The van der Waals surface area contributed by atoms with Gasteiger partial charge < -0.3 is 9.47 Å². The molecule has 0 spiro atoms. The molecule has 0 amide bonds. The molecule has 0 unspecified atom stereocenters. The zero-order chi connectivity index (χ0) is 13.1. The minimum Gasteiger partial charge on any atom is -0.326 e. The summed E-state index contributed by atoms with van der Waals surface area (Å²) in [4.78, 5) is 6.47. The van der Waals surface area contributed by atoms with Crippen LogP contribution in [0.25, 0.3) is 11.0 Å². The molecule has 0 radical (unpaired) electrons. The molecule has 2 aromatic rings. The van der Waals surface area contributed by atoms with Crippen molar-refractivity contribution in [3.05, 3.63) is 29.8 Å². The third-order valence-electron chi connectivity index (χ3n) is 3.17. The molecular weight excluding hydrogens is 253 g/mol. The van der Waals surface area contributed by atoms with Crippen molar-refractivity contribution in [1.29, 1.82) is 0 Å². The Morgan fingerprint density at radius 3 is 2.89 bits per heavy atom. The van der Waals surface area contributed by atoms with Crippen LogP contribution in [0.1, 0.15) is 12.7 Å². The topological polar surface area (TPSA) is 21.1 Å². The zero-order valence-corrected chi connectivity index (χ0v) is 11.4. The fraction of sp³-hybridized carbons (Fsp3) is 0.462. The monoisotopic (exact) mass is 269 g/mol. The van der Waals surface area contributed by atoms with Gasteiger partial charge in [0.1, 0.15) is 11.3 Å². The van der Waals surface area contributed by atoms with Gasteiger partial charge in [-0.1, -0.05) is 13.0 Å². The first kappa shape index (κ1) is 13.3. The number of hydrogen-bond acceptors (Lipinski definition) is 2. The van der Waals surface area contributed by atoms with Crippen LogP contribution in [0, 0.1) is 5.82 Å². The molecule has 1 heterocycles. The fourth-order valence-corrected chi connectivity index (χ4v) is 2.15. The Morgan fingerprint density at radius 1 is 1.44 bits per heavy atom. The Hall–Kier alpha value is -1.13. The summed E-state index contributed by atoms with van der Waals surface area (Å²) in [6, 6.07) is 5.01. The van der Waals surface area contributed by atoms with Gasteiger partial charge in [-0.3, -0.25) is 0 Å². The highest BCUT2D eigenvalue weighted by molar-refractivity contribution is 6.16. The molecule has 98 valence electrons. The number of halogens is 2. The van der Waals surface area contributed by atoms with Gasteiger partial charge in [-0.05, 0) is 25.7 Å². The van der Waals surface area contributed by atoms with Crippen LogP contribution >= 0.6 is 11.6 Å². The first-order valence-electron chi connectivity index (χ1n) is 6.05. The van der Waals surface area contributed by atoms with Crippen molar-refractivity contribution in [3.8, 4) is 0 Å². The average Bonchev–Trinajstić information content (AvgIpc) is 2.75. The number of rotatable bonds is 5. The van der Waals surface area contributed by atoms with Gasteiger partial charge in [0, 0.05) is 13.1 Å². The molecular formula is C13H17ClFN3. The number of hydrogen-bond donors (Lipinski definition) is 0. The van der Waals surface area contributed by atoms with Gasteiger partial charge >= 0.3 is 0 Å². The number of nitrogens with zero attached hydrogens (tertiary/aromatic N) is 3. The number of para-hydroxylation sites is 1. The van der Waals surface area contributed by atoms with Crippen LogP contribution in [-0.2, 0) is 12.4 Å². The van der Waals surface area contributed by atoms with Crippen LogP contribution < -0.4 is 0 Å². The standard InChI is InChI=1S/C13H17ClFN3/c1-3-17(2)7-8-18-11-6-4-5-10(15)13(11)16-12(18)9-14/h4-6H,3,7-9H2,1-2H3. The molecule has 0 saturated heterocycles. The van der Waals surface area contributed by atoms with E-state index < -0.39 is 0 Å². The van der Waals surface area contributed by atoms with Crippen LogP contribution in [0.3, 0.4) is 0 Å². The lowest BCUT2D eigenvalue weighted by Crippen LogP contribution is -2.23. The van der Waals surface area contributed by atoms with E-state index in [2.05, 4.69) is 23.9 Å². The van der Waals surface area contributed by atoms with Gasteiger partial charge in [0.25, 0.3) is 0 Å². The maximum Gasteiger partial charge on any atom is 0.151 e. The molecule has 0 atom stereocenters. The molecule has 0 saturated carbocycles. The number of alkyl halides is 1. The van der Waals surface area contributed by atoms with Crippen LogP contribution in [0.15, 0.2) is 18.2 Å². The van der Waals surface area contributed by atoms with Gasteiger partial charge in [-0.2, -0.15) is 0 Å². The van der Waals surface area contributed by atoms with E-state index in [1.54, 1.807) is 6.07 Å². The third kappa shape index (κ3) is 2.49. The molecule has 3 nitrogen and oxygen atoms in total. The lowest BCUT2D eigenvalue weighted by atomic mass is 10.3. The minimum atomic E-state index is -0.290. The summed E-state index contributed by atoms with van der Waals surface area (Å²) < 4.78 is 15.6. The molecule has 0 bridgehead atoms. The third-order valence-corrected chi connectivity index (χ3v) is 3.41. The Kier molecular flexibility index (Phi) is 4.19. The first-order valence-corrected chi connectivity index (χ1v) is 6.59. The van der Waals surface area contributed by atoms with Crippen molar-refractivity contribution in [3.63, 3.8) is 0 Å². The van der Waals surface area contributed by atoms with Crippen molar-refractivity contribution < 1.29 is 4.39 Å². The second-order valence-corrected chi connectivity index (χ2v) is 4.58. The molecule has 0 N–H and O–H groups in total. The number of benzene rings is 1. The number of likely N-dealkylation sites (N-methyl/N-ethyl adjacent to an activating group) is 1. The molecule has 0 aliphatic rings. The normalized spacial score (nSPS) is 11.6. The molecule has 18 heavy (non-hydrogen) atoms. The second kappa shape index (κ2) is 5.67. The van der Waals surface area contributed by atoms with Crippen molar-refractivity contribution in [2.45, 2.75) is 19.3 Å². The zero-order valence-electron chi connectivity index (χ0n) is 10.7. The Balaban J connectivity index is 2.38. The summed E-state index contributed by atoms with van der Waals surface area (Å²) in [6.07, 6.45) is 0. The molecule has 5 heteroatoms. The number of aromatic nitrogens is 2. The Morgan fingerprint density at radius 2 is 2.22 bits per heavy atom. The quantitative estimate of drug-likeness (QED) is 0.779. The van der Waals surface area contributed by atoms with E-state index in [1.807, 2.05) is 10.6 Å². The molecule has 2 rings (SSSR count). The van der Waals surface area contributed by atoms with E-state index >= 15 is 0 Å². The molecule has 0 aliphatic carbocycles. The summed E-state index contributed by atoms with van der Waals surface area (Å²) in [5.41, 5.74) is 1.22. The van der Waals surface area contributed by atoms with Gasteiger partial charge in [-0.25, -0.2) is 9.37 Å². The van der Waals surface area contributed by atoms with Crippen LogP contribution in [0.2, 0.25) is 0 Å². The number of imidazole rings is 1. The number of fused-ring (bicyclic) bond motifs is 1. The van der Waals surface area contributed by atoms with E-state index in [-0.39, 0.29) is 5.82 Å². The Labute approximate surface area is 111 Å². The summed E-state index contributed by atoms with van der Waals surface area (Å²) in [5, 5.41) is 0. The smallest absolute Gasteiger partial charge is 0.151 e. The highest BCUT2D eigenvalue weighted by Crippen LogP contribution is 2.20. The summed E-state index contributed by atoms with van der Waals surface area (Å²) in [5.74, 6) is 0.729. The maximum atomic E-state index is 13.7. The van der Waals surface area contributed by atoms with E-state index in [4.69, 9.17) is 11.6 Å². The summed E-state index contributed by atoms with van der Waals surface area (Å²) >= 11 is 5.89. The fourth-order valence-electron chi connectivity index (χ4n) is 1.94. The SMILES string of the molecule is CCN(C)CCn1c(CCl)nc2c(F)cccc21. The van der Waals surface area contributed by atoms with E-state index in [1.165, 1.54) is 6.07 Å². The van der Waals surface area contributed by atoms with Crippen molar-refractivity contribution in [2.24, 2.45) is 0 Å². The molecule has 1 aromatic carbocycles. The van der Waals surface area contributed by atoms with Gasteiger partial charge in [0.2, 0.25) is 0 Å². The van der Waals surface area contributed by atoms with Crippen molar-refractivity contribution in [2.75, 3.05) is 20.1 Å². The largest absolute Gasteiger partial charge is 0.326 e. The van der Waals surface area contributed by atoms with E-state index in [9.17, 15) is 4.39 Å². The second-order valence-electron chi connectivity index (χ2n) is 4.32. The van der Waals surface area contributed by atoms with Crippen LogP contribution in [-0.4, -0.2) is 34.6 Å². The predicted molar refractivity (Wildman–Crippen MR) is 72.4 cm³/mol. The van der Waals surface area contributed by atoms with E-state index in [0.29, 0.717) is 11.4 Å². The lowest BCUT2D eigenvalue weighted by molar-refractivity contribution is 0.335.